The number of halogens is 2. The van der Waals surface area contributed by atoms with Gasteiger partial charge in [-0.3, -0.25) is 4.79 Å². The summed E-state index contributed by atoms with van der Waals surface area (Å²) in [6, 6.07) is 5.29. The first kappa shape index (κ1) is 15.0. The third kappa shape index (κ3) is 3.58. The molecule has 1 fully saturated rings. The molecule has 0 radical (unpaired) electrons. The number of amides is 1. The van der Waals surface area contributed by atoms with Crippen molar-refractivity contribution in [3.05, 3.63) is 32.7 Å². The van der Waals surface area contributed by atoms with Crippen molar-refractivity contribution in [3.8, 4) is 0 Å². The maximum atomic E-state index is 12.0. The second kappa shape index (κ2) is 5.93. The Morgan fingerprint density at radius 2 is 2.11 bits per heavy atom. The number of carbonyl (C=O) groups excluding carboxylic acids is 1. The van der Waals surface area contributed by atoms with Gasteiger partial charge in [0.15, 0.2) is 9.84 Å². The molecule has 0 spiro atoms. The fourth-order valence-electron chi connectivity index (χ4n) is 2.06. The molecule has 1 aromatic rings. The summed E-state index contributed by atoms with van der Waals surface area (Å²) in [7, 11) is -3.02. The largest absolute Gasteiger partial charge is 0.351 e. The summed E-state index contributed by atoms with van der Waals surface area (Å²) in [4.78, 5) is 12.0. The van der Waals surface area contributed by atoms with Crippen LogP contribution >= 0.6 is 31.9 Å². The molecule has 1 amide bonds. The van der Waals surface area contributed by atoms with E-state index in [9.17, 15) is 13.2 Å². The summed E-state index contributed by atoms with van der Waals surface area (Å²) in [5.41, 5.74) is 0.491. The normalized spacial score (nSPS) is 21.3. The van der Waals surface area contributed by atoms with Gasteiger partial charge in [0, 0.05) is 15.5 Å². The Bertz CT molecular complexity index is 601. The average molecular weight is 411 g/mol. The van der Waals surface area contributed by atoms with E-state index >= 15 is 0 Å². The van der Waals surface area contributed by atoms with Crippen LogP contribution in [0.3, 0.4) is 0 Å². The number of hydrogen-bond donors (Lipinski definition) is 1. The van der Waals surface area contributed by atoms with E-state index < -0.39 is 15.1 Å². The van der Waals surface area contributed by atoms with Crippen molar-refractivity contribution >= 4 is 47.6 Å². The van der Waals surface area contributed by atoms with Gasteiger partial charge in [0.05, 0.1) is 16.6 Å². The maximum absolute atomic E-state index is 12.0. The van der Waals surface area contributed by atoms with E-state index in [1.807, 2.05) is 6.07 Å². The lowest BCUT2D eigenvalue weighted by atomic mass is 10.2. The molecule has 1 aliphatic rings. The van der Waals surface area contributed by atoms with Crippen molar-refractivity contribution in [2.75, 3.05) is 12.3 Å². The van der Waals surface area contributed by atoms with Gasteiger partial charge in [0.25, 0.3) is 5.91 Å². The molecule has 1 atom stereocenters. The maximum Gasteiger partial charge on any atom is 0.252 e. The van der Waals surface area contributed by atoms with Crippen LogP contribution in [0.1, 0.15) is 23.2 Å². The van der Waals surface area contributed by atoms with Gasteiger partial charge in [0.1, 0.15) is 0 Å². The van der Waals surface area contributed by atoms with Crippen molar-refractivity contribution in [1.29, 1.82) is 0 Å². The highest BCUT2D eigenvalue weighted by molar-refractivity contribution is 9.11. The Balaban J connectivity index is 2.04. The van der Waals surface area contributed by atoms with Crippen LogP contribution in [-0.2, 0) is 9.84 Å². The van der Waals surface area contributed by atoms with Crippen LogP contribution in [-0.4, -0.2) is 31.9 Å². The van der Waals surface area contributed by atoms with Crippen molar-refractivity contribution < 1.29 is 13.2 Å². The fraction of sp³-hybridized carbons (Fsp3) is 0.417. The van der Waals surface area contributed by atoms with Gasteiger partial charge in [-0.05, 0) is 47.0 Å². The van der Waals surface area contributed by atoms with Gasteiger partial charge in [-0.2, -0.15) is 0 Å². The van der Waals surface area contributed by atoms with E-state index in [1.165, 1.54) is 0 Å². The summed E-state index contributed by atoms with van der Waals surface area (Å²) < 4.78 is 24.8. The minimum atomic E-state index is -3.02. The first-order chi connectivity index (χ1) is 8.90. The molecule has 1 N–H and O–H groups in total. The molecule has 7 heteroatoms. The zero-order valence-electron chi connectivity index (χ0n) is 10.0. The predicted octanol–water partition coefficient (Wildman–Crippen LogP) is 2.52. The third-order valence-electron chi connectivity index (χ3n) is 3.13. The monoisotopic (exact) mass is 409 g/mol. The minimum absolute atomic E-state index is 0.181. The number of hydrogen-bond acceptors (Lipinski definition) is 3. The van der Waals surface area contributed by atoms with Crippen molar-refractivity contribution in [2.24, 2.45) is 0 Å². The second-order valence-electron chi connectivity index (χ2n) is 4.47. The number of benzene rings is 1. The van der Waals surface area contributed by atoms with Crippen LogP contribution in [0.2, 0.25) is 0 Å². The standard InChI is InChI=1S/C12H13Br2NO3S/c13-8-3-4-11(14)10(6-8)12(16)15-7-9-2-1-5-19(9,17)18/h3-4,6,9H,1-2,5,7H2,(H,15,16). The van der Waals surface area contributed by atoms with Gasteiger partial charge < -0.3 is 5.32 Å². The van der Waals surface area contributed by atoms with E-state index in [-0.39, 0.29) is 18.2 Å². The number of rotatable bonds is 3. The Morgan fingerprint density at radius 1 is 1.37 bits per heavy atom. The lowest BCUT2D eigenvalue weighted by Gasteiger charge is -2.11. The Kier molecular flexibility index (Phi) is 4.68. The molecule has 19 heavy (non-hydrogen) atoms. The van der Waals surface area contributed by atoms with Gasteiger partial charge in [-0.1, -0.05) is 15.9 Å². The van der Waals surface area contributed by atoms with Crippen LogP contribution < -0.4 is 5.32 Å². The zero-order valence-corrected chi connectivity index (χ0v) is 14.0. The summed E-state index contributed by atoms with van der Waals surface area (Å²) in [5.74, 6) is -0.0380. The topological polar surface area (TPSA) is 63.2 Å². The molecule has 1 aliphatic heterocycles. The number of nitrogens with one attached hydrogen (secondary N) is 1. The SMILES string of the molecule is O=C(NCC1CCCS1(=O)=O)c1cc(Br)ccc1Br. The summed E-state index contributed by atoms with van der Waals surface area (Å²) in [5, 5.41) is 2.25. The molecule has 0 saturated carbocycles. The molecule has 4 nitrogen and oxygen atoms in total. The smallest absolute Gasteiger partial charge is 0.252 e. The van der Waals surface area contributed by atoms with E-state index in [0.717, 1.165) is 4.47 Å². The third-order valence-corrected chi connectivity index (χ3v) is 6.59. The van der Waals surface area contributed by atoms with Gasteiger partial charge >= 0.3 is 0 Å². The van der Waals surface area contributed by atoms with Crippen LogP contribution in [0, 0.1) is 0 Å². The molecular formula is C12H13Br2NO3S. The van der Waals surface area contributed by atoms with Crippen LogP contribution in [0.5, 0.6) is 0 Å². The predicted molar refractivity (Wildman–Crippen MR) is 81.0 cm³/mol. The molecule has 0 aliphatic carbocycles. The first-order valence-corrected chi connectivity index (χ1v) is 9.15. The minimum Gasteiger partial charge on any atom is -0.351 e. The summed E-state index contributed by atoms with van der Waals surface area (Å²) >= 11 is 6.61. The number of sulfone groups is 1. The highest BCUT2D eigenvalue weighted by atomic mass is 79.9. The Morgan fingerprint density at radius 3 is 2.74 bits per heavy atom. The molecule has 0 bridgehead atoms. The fourth-order valence-corrected chi connectivity index (χ4v) is 4.61. The molecule has 2 rings (SSSR count). The average Bonchev–Trinajstić information content (AvgIpc) is 2.68. The molecule has 104 valence electrons. The highest BCUT2D eigenvalue weighted by Gasteiger charge is 2.31. The van der Waals surface area contributed by atoms with E-state index in [2.05, 4.69) is 37.2 Å². The molecule has 0 aromatic heterocycles. The molecule has 1 saturated heterocycles. The van der Waals surface area contributed by atoms with Crippen molar-refractivity contribution in [2.45, 2.75) is 18.1 Å². The Labute approximate surface area is 129 Å². The molecule has 1 heterocycles. The Hall–Kier alpha value is -0.400. The van der Waals surface area contributed by atoms with Crippen LogP contribution in [0.15, 0.2) is 27.1 Å². The van der Waals surface area contributed by atoms with Crippen molar-refractivity contribution in [3.63, 3.8) is 0 Å². The van der Waals surface area contributed by atoms with Gasteiger partial charge in [-0.25, -0.2) is 8.42 Å². The van der Waals surface area contributed by atoms with Gasteiger partial charge in [0.2, 0.25) is 0 Å². The molecule has 1 unspecified atom stereocenters. The molecular weight excluding hydrogens is 398 g/mol. The lowest BCUT2D eigenvalue weighted by Crippen LogP contribution is -2.34. The zero-order chi connectivity index (χ0) is 14.0. The second-order valence-corrected chi connectivity index (χ2v) is 8.64. The highest BCUT2D eigenvalue weighted by Crippen LogP contribution is 2.22. The number of carbonyl (C=O) groups is 1. The van der Waals surface area contributed by atoms with Crippen LogP contribution in [0.25, 0.3) is 0 Å². The van der Waals surface area contributed by atoms with Crippen molar-refractivity contribution in [1.82, 2.24) is 5.32 Å². The lowest BCUT2D eigenvalue weighted by molar-refractivity contribution is 0.0953. The van der Waals surface area contributed by atoms with E-state index in [1.54, 1.807) is 12.1 Å². The molecule has 1 aromatic carbocycles. The first-order valence-electron chi connectivity index (χ1n) is 5.85. The van der Waals surface area contributed by atoms with Crippen LogP contribution in [0.4, 0.5) is 0 Å². The quantitative estimate of drug-likeness (QED) is 0.832. The summed E-state index contributed by atoms with van der Waals surface area (Å²) in [6.07, 6.45) is 1.31. The summed E-state index contributed by atoms with van der Waals surface area (Å²) in [6.45, 7) is 0.181. The van der Waals surface area contributed by atoms with Gasteiger partial charge in [-0.15, -0.1) is 0 Å². The van der Waals surface area contributed by atoms with E-state index in [4.69, 9.17) is 0 Å². The van der Waals surface area contributed by atoms with E-state index in [0.29, 0.717) is 22.9 Å².